The molecule has 0 unspecified atom stereocenters. The van der Waals surface area contributed by atoms with Crippen LogP contribution < -0.4 is 5.32 Å². The second-order valence-corrected chi connectivity index (χ2v) is 5.24. The van der Waals surface area contributed by atoms with Crippen LogP contribution in [0.5, 0.6) is 0 Å². The molecule has 0 aliphatic carbocycles. The van der Waals surface area contributed by atoms with Crippen molar-refractivity contribution in [3.05, 3.63) is 34.1 Å². The number of halogens is 2. The van der Waals surface area contributed by atoms with Gasteiger partial charge in [-0.3, -0.25) is 4.79 Å². The standard InChI is InChI=1S/C13H12BrFN2O2/c14-10-2-1-9(7-11(10)15)12(18)17-13(8-16)3-5-19-6-4-13/h1-2,7H,3-6H2,(H,17,18). The van der Waals surface area contributed by atoms with Crippen molar-refractivity contribution in [1.29, 1.82) is 5.26 Å². The predicted octanol–water partition coefficient (Wildman–Crippen LogP) is 2.39. The van der Waals surface area contributed by atoms with E-state index in [1.54, 1.807) is 0 Å². The number of ether oxygens (including phenoxy) is 1. The molecule has 1 N–H and O–H groups in total. The number of nitriles is 1. The van der Waals surface area contributed by atoms with Crippen LogP contribution in [0.2, 0.25) is 0 Å². The van der Waals surface area contributed by atoms with E-state index in [1.807, 2.05) is 0 Å². The van der Waals surface area contributed by atoms with Gasteiger partial charge in [0.1, 0.15) is 11.4 Å². The molecular weight excluding hydrogens is 315 g/mol. The van der Waals surface area contributed by atoms with E-state index in [4.69, 9.17) is 4.74 Å². The zero-order chi connectivity index (χ0) is 13.9. The minimum atomic E-state index is -0.918. The normalized spacial score (nSPS) is 17.5. The summed E-state index contributed by atoms with van der Waals surface area (Å²) in [6, 6.07) is 6.24. The second-order valence-electron chi connectivity index (χ2n) is 4.39. The average molecular weight is 327 g/mol. The maximum atomic E-state index is 13.4. The number of benzene rings is 1. The van der Waals surface area contributed by atoms with Gasteiger partial charge in [0, 0.05) is 31.6 Å². The number of carbonyl (C=O) groups excluding carboxylic acids is 1. The Morgan fingerprint density at radius 1 is 1.47 bits per heavy atom. The molecule has 1 saturated heterocycles. The highest BCUT2D eigenvalue weighted by molar-refractivity contribution is 9.10. The van der Waals surface area contributed by atoms with Gasteiger partial charge in [0.15, 0.2) is 0 Å². The van der Waals surface area contributed by atoms with Crippen molar-refractivity contribution in [2.75, 3.05) is 13.2 Å². The van der Waals surface area contributed by atoms with Crippen LogP contribution in [0.25, 0.3) is 0 Å². The number of rotatable bonds is 2. The Kier molecular flexibility index (Phi) is 4.17. The van der Waals surface area contributed by atoms with Crippen molar-refractivity contribution in [2.24, 2.45) is 0 Å². The summed E-state index contributed by atoms with van der Waals surface area (Å²) in [5, 5.41) is 11.9. The molecule has 1 amide bonds. The van der Waals surface area contributed by atoms with Gasteiger partial charge in [0.25, 0.3) is 5.91 Å². The lowest BCUT2D eigenvalue weighted by molar-refractivity contribution is 0.0531. The number of carbonyl (C=O) groups is 1. The molecule has 2 rings (SSSR count). The smallest absolute Gasteiger partial charge is 0.252 e. The quantitative estimate of drug-likeness (QED) is 0.907. The first-order valence-electron chi connectivity index (χ1n) is 5.83. The molecule has 0 radical (unpaired) electrons. The zero-order valence-electron chi connectivity index (χ0n) is 10.1. The number of hydrogen-bond acceptors (Lipinski definition) is 3. The van der Waals surface area contributed by atoms with Crippen LogP contribution >= 0.6 is 15.9 Å². The van der Waals surface area contributed by atoms with Crippen molar-refractivity contribution < 1.29 is 13.9 Å². The number of amides is 1. The Labute approximate surface area is 118 Å². The van der Waals surface area contributed by atoms with Gasteiger partial charge in [-0.15, -0.1) is 0 Å². The van der Waals surface area contributed by atoms with Gasteiger partial charge in [0.05, 0.1) is 10.5 Å². The number of nitrogens with one attached hydrogen (secondary N) is 1. The topological polar surface area (TPSA) is 62.1 Å². The van der Waals surface area contributed by atoms with Gasteiger partial charge in [-0.05, 0) is 34.1 Å². The third-order valence-electron chi connectivity index (χ3n) is 3.09. The summed E-state index contributed by atoms with van der Waals surface area (Å²) < 4.78 is 18.9. The summed E-state index contributed by atoms with van der Waals surface area (Å²) in [6.07, 6.45) is 0.877. The zero-order valence-corrected chi connectivity index (χ0v) is 11.7. The van der Waals surface area contributed by atoms with E-state index in [1.165, 1.54) is 12.1 Å². The van der Waals surface area contributed by atoms with Crippen molar-refractivity contribution in [1.82, 2.24) is 5.32 Å². The molecule has 0 bridgehead atoms. The van der Waals surface area contributed by atoms with Crippen LogP contribution in [0.3, 0.4) is 0 Å². The fourth-order valence-corrected chi connectivity index (χ4v) is 2.16. The number of nitrogens with zero attached hydrogens (tertiary/aromatic N) is 1. The first kappa shape index (κ1) is 14.0. The van der Waals surface area contributed by atoms with E-state index in [-0.39, 0.29) is 5.56 Å². The molecule has 1 heterocycles. The van der Waals surface area contributed by atoms with Gasteiger partial charge in [0.2, 0.25) is 0 Å². The summed E-state index contributed by atoms with van der Waals surface area (Å²) in [4.78, 5) is 12.1. The minimum absolute atomic E-state index is 0.196. The molecule has 19 heavy (non-hydrogen) atoms. The average Bonchev–Trinajstić information content (AvgIpc) is 2.43. The van der Waals surface area contributed by atoms with Gasteiger partial charge >= 0.3 is 0 Å². The van der Waals surface area contributed by atoms with E-state index in [9.17, 15) is 14.4 Å². The van der Waals surface area contributed by atoms with Crippen molar-refractivity contribution in [3.8, 4) is 6.07 Å². The van der Waals surface area contributed by atoms with Crippen LogP contribution in [-0.2, 0) is 4.74 Å². The van der Waals surface area contributed by atoms with E-state index >= 15 is 0 Å². The first-order chi connectivity index (χ1) is 9.06. The highest BCUT2D eigenvalue weighted by Gasteiger charge is 2.34. The van der Waals surface area contributed by atoms with Crippen molar-refractivity contribution >= 4 is 21.8 Å². The fraction of sp³-hybridized carbons (Fsp3) is 0.385. The minimum Gasteiger partial charge on any atom is -0.381 e. The van der Waals surface area contributed by atoms with E-state index in [2.05, 4.69) is 27.3 Å². The largest absolute Gasteiger partial charge is 0.381 e. The molecule has 1 aliphatic rings. The lowest BCUT2D eigenvalue weighted by Gasteiger charge is -2.31. The lowest BCUT2D eigenvalue weighted by atomic mass is 9.91. The Hall–Kier alpha value is -1.45. The molecule has 1 aromatic carbocycles. The fourth-order valence-electron chi connectivity index (χ4n) is 1.91. The summed E-state index contributed by atoms with van der Waals surface area (Å²) in [7, 11) is 0. The highest BCUT2D eigenvalue weighted by atomic mass is 79.9. The molecule has 0 atom stereocenters. The van der Waals surface area contributed by atoms with E-state index < -0.39 is 17.3 Å². The molecule has 1 aromatic rings. The Morgan fingerprint density at radius 2 is 2.16 bits per heavy atom. The molecular formula is C13H12BrFN2O2. The van der Waals surface area contributed by atoms with E-state index in [0.717, 1.165) is 6.07 Å². The Bertz CT molecular complexity index is 536. The molecule has 1 fully saturated rings. The third-order valence-corrected chi connectivity index (χ3v) is 3.74. The molecule has 0 aromatic heterocycles. The SMILES string of the molecule is N#CC1(NC(=O)c2ccc(Br)c(F)c2)CCOCC1. The van der Waals surface area contributed by atoms with Gasteiger partial charge in [-0.1, -0.05) is 0 Å². The van der Waals surface area contributed by atoms with Crippen LogP contribution in [0, 0.1) is 17.1 Å². The molecule has 1 aliphatic heterocycles. The number of hydrogen-bond donors (Lipinski definition) is 1. The predicted molar refractivity (Wildman–Crippen MR) is 70.0 cm³/mol. The Balaban J connectivity index is 2.15. The van der Waals surface area contributed by atoms with Crippen molar-refractivity contribution in [3.63, 3.8) is 0 Å². The van der Waals surface area contributed by atoms with E-state index in [0.29, 0.717) is 30.5 Å². The van der Waals surface area contributed by atoms with Gasteiger partial charge < -0.3 is 10.1 Å². The highest BCUT2D eigenvalue weighted by Crippen LogP contribution is 2.21. The van der Waals surface area contributed by atoms with Crippen LogP contribution in [0.4, 0.5) is 4.39 Å². The maximum absolute atomic E-state index is 13.4. The molecule has 100 valence electrons. The molecule has 0 spiro atoms. The van der Waals surface area contributed by atoms with Gasteiger partial charge in [-0.2, -0.15) is 5.26 Å². The lowest BCUT2D eigenvalue weighted by Crippen LogP contribution is -2.50. The first-order valence-corrected chi connectivity index (χ1v) is 6.62. The third kappa shape index (κ3) is 3.11. The monoisotopic (exact) mass is 326 g/mol. The Morgan fingerprint density at radius 3 is 2.74 bits per heavy atom. The van der Waals surface area contributed by atoms with Crippen LogP contribution in [-0.4, -0.2) is 24.7 Å². The second kappa shape index (κ2) is 5.68. The van der Waals surface area contributed by atoms with Crippen LogP contribution in [0.15, 0.2) is 22.7 Å². The molecule has 4 nitrogen and oxygen atoms in total. The van der Waals surface area contributed by atoms with Crippen LogP contribution in [0.1, 0.15) is 23.2 Å². The van der Waals surface area contributed by atoms with Gasteiger partial charge in [-0.25, -0.2) is 4.39 Å². The summed E-state index contributed by atoms with van der Waals surface area (Å²) in [5.41, 5.74) is -0.722. The molecule has 0 saturated carbocycles. The molecule has 6 heteroatoms. The summed E-state index contributed by atoms with van der Waals surface area (Å²) >= 11 is 3.03. The van der Waals surface area contributed by atoms with Crippen molar-refractivity contribution in [2.45, 2.75) is 18.4 Å². The maximum Gasteiger partial charge on any atom is 0.252 e. The summed E-state index contributed by atoms with van der Waals surface area (Å²) in [5.74, 6) is -0.958. The summed E-state index contributed by atoms with van der Waals surface area (Å²) in [6.45, 7) is 0.866.